The van der Waals surface area contributed by atoms with Crippen molar-refractivity contribution in [1.29, 1.82) is 0 Å². The number of carbonyl (C=O) groups is 1. The molecule has 0 spiro atoms. The van der Waals surface area contributed by atoms with Crippen LogP contribution in [-0.2, 0) is 0 Å². The van der Waals surface area contributed by atoms with Crippen molar-refractivity contribution in [1.82, 2.24) is 4.90 Å². The van der Waals surface area contributed by atoms with Gasteiger partial charge in [-0.1, -0.05) is 12.5 Å². The summed E-state index contributed by atoms with van der Waals surface area (Å²) in [6.45, 7) is 0.645. The molecule has 0 atom stereocenters. The topological polar surface area (TPSA) is 49.8 Å². The summed E-state index contributed by atoms with van der Waals surface area (Å²) in [5, 5.41) is 9.93. The summed E-state index contributed by atoms with van der Waals surface area (Å²) in [5.41, 5.74) is 0.263. The minimum Gasteiger partial charge on any atom is -0.504 e. The molecule has 0 aliphatic rings. The number of ether oxygens (including phenoxy) is 1. The number of benzene rings is 1. The van der Waals surface area contributed by atoms with Crippen molar-refractivity contribution in [2.75, 3.05) is 26.6 Å². The van der Waals surface area contributed by atoms with E-state index in [2.05, 4.69) is 0 Å². The first kappa shape index (κ1) is 15.6. The monoisotopic (exact) mass is 285 g/mol. The molecule has 0 unspecified atom stereocenters. The number of amides is 1. The molecule has 0 radical (unpaired) electrons. The molecule has 0 heterocycles. The van der Waals surface area contributed by atoms with Crippen molar-refractivity contribution >= 4 is 17.5 Å². The highest BCUT2D eigenvalue weighted by molar-refractivity contribution is 6.17. The standard InChI is InChI=1S/C14H20ClNO3/c1-16(10-5-3-4-9-15)14(18)11-7-6-8-12(19-2)13(11)17/h6-8,17H,3-5,9-10H2,1-2H3. The summed E-state index contributed by atoms with van der Waals surface area (Å²) in [6.07, 6.45) is 2.85. The van der Waals surface area contributed by atoms with E-state index in [1.165, 1.54) is 7.11 Å². The van der Waals surface area contributed by atoms with E-state index in [4.69, 9.17) is 16.3 Å². The molecule has 0 aromatic heterocycles. The van der Waals surface area contributed by atoms with E-state index in [-0.39, 0.29) is 17.2 Å². The van der Waals surface area contributed by atoms with Crippen molar-refractivity contribution in [3.8, 4) is 11.5 Å². The molecule has 1 amide bonds. The summed E-state index contributed by atoms with van der Waals surface area (Å²) in [5.74, 6) is 0.639. The summed E-state index contributed by atoms with van der Waals surface area (Å²) >= 11 is 5.60. The van der Waals surface area contributed by atoms with Gasteiger partial charge in [0, 0.05) is 19.5 Å². The smallest absolute Gasteiger partial charge is 0.257 e. The number of hydrogen-bond acceptors (Lipinski definition) is 3. The highest BCUT2D eigenvalue weighted by Gasteiger charge is 2.17. The SMILES string of the molecule is COc1cccc(C(=O)N(C)CCCCCCl)c1O. The number of methoxy groups -OCH3 is 1. The zero-order chi connectivity index (χ0) is 14.3. The number of hydrogen-bond donors (Lipinski definition) is 1. The number of alkyl halides is 1. The summed E-state index contributed by atoms with van der Waals surface area (Å²) in [6, 6.07) is 4.90. The van der Waals surface area contributed by atoms with Crippen LogP contribution >= 0.6 is 11.6 Å². The Morgan fingerprint density at radius 2 is 2.11 bits per heavy atom. The lowest BCUT2D eigenvalue weighted by Gasteiger charge is -2.18. The van der Waals surface area contributed by atoms with E-state index in [9.17, 15) is 9.90 Å². The molecule has 1 rings (SSSR count). The van der Waals surface area contributed by atoms with Gasteiger partial charge in [0.2, 0.25) is 0 Å². The first-order valence-corrected chi connectivity index (χ1v) is 6.82. The fourth-order valence-corrected chi connectivity index (χ4v) is 1.98. The second kappa shape index (κ2) is 7.89. The van der Waals surface area contributed by atoms with E-state index in [1.807, 2.05) is 0 Å². The van der Waals surface area contributed by atoms with Crippen LogP contribution in [0, 0.1) is 0 Å². The van der Waals surface area contributed by atoms with Gasteiger partial charge < -0.3 is 14.7 Å². The van der Waals surface area contributed by atoms with E-state index >= 15 is 0 Å². The van der Waals surface area contributed by atoms with Gasteiger partial charge in [-0.2, -0.15) is 0 Å². The molecule has 0 saturated heterocycles. The average molecular weight is 286 g/mol. The van der Waals surface area contributed by atoms with Crippen molar-refractivity contribution in [3.63, 3.8) is 0 Å². The van der Waals surface area contributed by atoms with Crippen LogP contribution in [0.3, 0.4) is 0 Å². The maximum absolute atomic E-state index is 12.2. The normalized spacial score (nSPS) is 10.3. The van der Waals surface area contributed by atoms with E-state index < -0.39 is 0 Å². The van der Waals surface area contributed by atoms with E-state index in [0.717, 1.165) is 19.3 Å². The van der Waals surface area contributed by atoms with E-state index in [1.54, 1.807) is 30.1 Å². The molecule has 0 aliphatic heterocycles. The first-order valence-electron chi connectivity index (χ1n) is 6.29. The third-order valence-electron chi connectivity index (χ3n) is 2.92. The second-order valence-corrected chi connectivity index (χ2v) is 4.71. The lowest BCUT2D eigenvalue weighted by Crippen LogP contribution is -2.27. The third kappa shape index (κ3) is 4.31. The van der Waals surface area contributed by atoms with Crippen LogP contribution < -0.4 is 4.74 Å². The largest absolute Gasteiger partial charge is 0.504 e. The number of phenolic OH excluding ortho intramolecular Hbond substituents is 1. The van der Waals surface area contributed by atoms with Crippen LogP contribution in [0.25, 0.3) is 0 Å². The summed E-state index contributed by atoms with van der Waals surface area (Å²) in [7, 11) is 3.18. The number of para-hydroxylation sites is 1. The van der Waals surface area contributed by atoms with Crippen LogP contribution in [0.1, 0.15) is 29.6 Å². The number of halogens is 1. The fourth-order valence-electron chi connectivity index (χ4n) is 1.79. The van der Waals surface area contributed by atoms with Gasteiger partial charge >= 0.3 is 0 Å². The zero-order valence-corrected chi connectivity index (χ0v) is 12.1. The highest BCUT2D eigenvalue weighted by atomic mass is 35.5. The van der Waals surface area contributed by atoms with Gasteiger partial charge in [0.15, 0.2) is 11.5 Å². The summed E-state index contributed by atoms with van der Waals surface area (Å²) in [4.78, 5) is 13.8. The third-order valence-corrected chi connectivity index (χ3v) is 3.19. The van der Waals surface area contributed by atoms with Gasteiger partial charge in [0.25, 0.3) is 5.91 Å². The molecule has 4 nitrogen and oxygen atoms in total. The van der Waals surface area contributed by atoms with Crippen molar-refractivity contribution in [2.24, 2.45) is 0 Å². The van der Waals surface area contributed by atoms with E-state index in [0.29, 0.717) is 18.2 Å². The van der Waals surface area contributed by atoms with Crippen LogP contribution in [0.5, 0.6) is 11.5 Å². The molecule has 0 saturated carbocycles. The van der Waals surface area contributed by atoms with Crippen molar-refractivity contribution in [3.05, 3.63) is 23.8 Å². The molecule has 5 heteroatoms. The number of phenols is 1. The predicted octanol–water partition coefficient (Wildman–Crippen LogP) is 2.88. The number of unbranched alkanes of at least 4 members (excludes halogenated alkanes) is 2. The maximum atomic E-state index is 12.2. The maximum Gasteiger partial charge on any atom is 0.257 e. The van der Waals surface area contributed by atoms with Crippen LogP contribution in [0.15, 0.2) is 18.2 Å². The lowest BCUT2D eigenvalue weighted by atomic mass is 10.1. The molecule has 0 bridgehead atoms. The van der Waals surface area contributed by atoms with Gasteiger partial charge in [-0.05, 0) is 25.0 Å². The Hall–Kier alpha value is -1.42. The Balaban J connectivity index is 2.66. The molecular weight excluding hydrogens is 266 g/mol. The molecule has 106 valence electrons. The van der Waals surface area contributed by atoms with Crippen LogP contribution in [0.4, 0.5) is 0 Å². The van der Waals surface area contributed by atoms with Gasteiger partial charge in [0.05, 0.1) is 12.7 Å². The van der Waals surface area contributed by atoms with Gasteiger partial charge in [-0.25, -0.2) is 0 Å². The van der Waals surface area contributed by atoms with Crippen molar-refractivity contribution in [2.45, 2.75) is 19.3 Å². The molecular formula is C14H20ClNO3. The Morgan fingerprint density at radius 3 is 2.74 bits per heavy atom. The molecule has 0 aliphatic carbocycles. The molecule has 1 aromatic carbocycles. The Labute approximate surface area is 118 Å². The molecule has 1 aromatic rings. The second-order valence-electron chi connectivity index (χ2n) is 4.33. The average Bonchev–Trinajstić information content (AvgIpc) is 2.43. The van der Waals surface area contributed by atoms with Gasteiger partial charge in [-0.15, -0.1) is 11.6 Å². The number of rotatable bonds is 7. The van der Waals surface area contributed by atoms with Gasteiger partial charge in [-0.3, -0.25) is 4.79 Å². The zero-order valence-electron chi connectivity index (χ0n) is 11.4. The summed E-state index contributed by atoms with van der Waals surface area (Å²) < 4.78 is 4.99. The quantitative estimate of drug-likeness (QED) is 0.619. The predicted molar refractivity (Wildman–Crippen MR) is 76.2 cm³/mol. The van der Waals surface area contributed by atoms with Crippen molar-refractivity contribution < 1.29 is 14.6 Å². The van der Waals surface area contributed by atoms with Crippen LogP contribution in [-0.4, -0.2) is 42.5 Å². The number of carbonyl (C=O) groups excluding carboxylic acids is 1. The lowest BCUT2D eigenvalue weighted by molar-refractivity contribution is 0.0789. The Bertz CT molecular complexity index is 423. The molecule has 19 heavy (non-hydrogen) atoms. The first-order chi connectivity index (χ1) is 9.11. The minimum absolute atomic E-state index is 0.109. The number of nitrogens with zero attached hydrogens (tertiary/aromatic N) is 1. The molecule has 1 N–H and O–H groups in total. The highest BCUT2D eigenvalue weighted by Crippen LogP contribution is 2.30. The Morgan fingerprint density at radius 1 is 1.37 bits per heavy atom. The van der Waals surface area contributed by atoms with Crippen LogP contribution in [0.2, 0.25) is 0 Å². The van der Waals surface area contributed by atoms with Gasteiger partial charge in [0.1, 0.15) is 0 Å². The Kier molecular flexibility index (Phi) is 6.50. The fraction of sp³-hybridized carbons (Fsp3) is 0.500. The minimum atomic E-state index is -0.206. The molecule has 0 fully saturated rings. The number of aromatic hydroxyl groups is 1.